The quantitative estimate of drug-likeness (QED) is 0.796. The van der Waals surface area contributed by atoms with Crippen molar-refractivity contribution >= 4 is 28.6 Å². The molecule has 5 heteroatoms. The van der Waals surface area contributed by atoms with Crippen molar-refractivity contribution in [1.82, 2.24) is 4.57 Å². The fourth-order valence-corrected chi connectivity index (χ4v) is 1.69. The highest BCUT2D eigenvalue weighted by Gasteiger charge is 2.21. The average molecular weight is 231 g/mol. The molecule has 0 unspecified atom stereocenters. The molecule has 0 spiro atoms. The molecule has 0 aliphatic carbocycles. The van der Waals surface area contributed by atoms with Crippen LogP contribution in [-0.4, -0.2) is 27.3 Å². The summed E-state index contributed by atoms with van der Waals surface area (Å²) in [5.41, 5.74) is 0.219. The Morgan fingerprint density at radius 3 is 2.41 bits per heavy atom. The molecule has 0 saturated carbocycles. The van der Waals surface area contributed by atoms with E-state index in [1.165, 1.54) is 6.07 Å². The number of carboxylic acid groups (broad SMARTS) is 1. The van der Waals surface area contributed by atoms with Crippen molar-refractivity contribution in [2.24, 2.45) is 0 Å². The van der Waals surface area contributed by atoms with E-state index in [1.807, 2.05) is 0 Å². The first-order chi connectivity index (χ1) is 8.02. The fourth-order valence-electron chi connectivity index (χ4n) is 1.69. The Morgan fingerprint density at radius 2 is 1.82 bits per heavy atom. The zero-order chi connectivity index (χ0) is 12.6. The van der Waals surface area contributed by atoms with Gasteiger partial charge in [0.05, 0.1) is 5.52 Å². The molecule has 17 heavy (non-hydrogen) atoms. The number of para-hydroxylation sites is 1. The number of Topliss-reactive ketones (excluding diaryl/α,β-unsaturated/α-hetero) is 1. The molecule has 0 atom stereocenters. The Labute approximate surface area is 96.3 Å². The van der Waals surface area contributed by atoms with Crippen LogP contribution in [-0.2, 0) is 4.79 Å². The Bertz CT molecular complexity index is 639. The zero-order valence-corrected chi connectivity index (χ0v) is 9.01. The van der Waals surface area contributed by atoms with E-state index in [4.69, 9.17) is 5.11 Å². The van der Waals surface area contributed by atoms with E-state index in [-0.39, 0.29) is 5.69 Å². The number of aromatic nitrogens is 1. The maximum Gasteiger partial charge on any atom is 0.353 e. The van der Waals surface area contributed by atoms with Crippen molar-refractivity contribution in [3.05, 3.63) is 36.0 Å². The van der Waals surface area contributed by atoms with Gasteiger partial charge in [-0.3, -0.25) is 14.2 Å². The summed E-state index contributed by atoms with van der Waals surface area (Å²) < 4.78 is 0.931. The van der Waals surface area contributed by atoms with Crippen LogP contribution in [0.15, 0.2) is 30.3 Å². The second-order valence-corrected chi connectivity index (χ2v) is 3.59. The first-order valence-corrected chi connectivity index (χ1v) is 4.91. The minimum absolute atomic E-state index is 0.202. The third-order valence-corrected chi connectivity index (χ3v) is 2.43. The van der Waals surface area contributed by atoms with Gasteiger partial charge in [0, 0.05) is 12.3 Å². The van der Waals surface area contributed by atoms with Crippen LogP contribution in [0, 0.1) is 0 Å². The lowest BCUT2D eigenvalue weighted by Gasteiger charge is -2.03. The topological polar surface area (TPSA) is 76.4 Å². The Balaban J connectivity index is 2.81. The summed E-state index contributed by atoms with van der Waals surface area (Å²) >= 11 is 0. The van der Waals surface area contributed by atoms with Crippen LogP contribution in [0.4, 0.5) is 0 Å². The van der Waals surface area contributed by atoms with Gasteiger partial charge in [-0.15, -0.1) is 0 Å². The number of carbonyl (C=O) groups is 3. The number of nitrogens with zero attached hydrogens (tertiary/aromatic N) is 1. The Kier molecular flexibility index (Phi) is 2.51. The standard InChI is InChI=1S/C12H9NO4/c1-7(14)11(15)13-9-5-3-2-4-8(9)6-10(13)12(16)17/h2-6H,1H3,(H,16,17). The SMILES string of the molecule is CC(=O)C(=O)n1c(C(=O)O)cc2ccccc21. The molecule has 0 aliphatic rings. The number of aromatic carboxylic acids is 1. The van der Waals surface area contributed by atoms with E-state index in [2.05, 4.69) is 0 Å². The molecular weight excluding hydrogens is 222 g/mol. The number of hydrogen-bond acceptors (Lipinski definition) is 3. The molecule has 2 rings (SSSR count). The third-order valence-electron chi connectivity index (χ3n) is 2.43. The lowest BCUT2D eigenvalue weighted by Crippen LogP contribution is -2.22. The molecule has 5 nitrogen and oxygen atoms in total. The average Bonchev–Trinajstić information content (AvgIpc) is 2.67. The molecule has 86 valence electrons. The van der Waals surface area contributed by atoms with Crippen molar-refractivity contribution in [3.8, 4) is 0 Å². The number of hydrogen-bond donors (Lipinski definition) is 1. The van der Waals surface area contributed by atoms with Crippen LogP contribution in [0.1, 0.15) is 22.2 Å². The molecule has 1 N–H and O–H groups in total. The first kappa shape index (κ1) is 11.1. The third kappa shape index (κ3) is 1.71. The number of benzene rings is 1. The summed E-state index contributed by atoms with van der Waals surface area (Å²) in [5.74, 6) is -2.78. The highest BCUT2D eigenvalue weighted by Crippen LogP contribution is 2.19. The summed E-state index contributed by atoms with van der Waals surface area (Å²) in [6.45, 7) is 1.11. The molecule has 0 fully saturated rings. The largest absolute Gasteiger partial charge is 0.477 e. The normalized spacial score (nSPS) is 10.4. The summed E-state index contributed by atoms with van der Waals surface area (Å²) in [4.78, 5) is 33.8. The van der Waals surface area contributed by atoms with Crippen LogP contribution in [0.5, 0.6) is 0 Å². The van der Waals surface area contributed by atoms with Crippen molar-refractivity contribution in [1.29, 1.82) is 0 Å². The van der Waals surface area contributed by atoms with Crippen molar-refractivity contribution in [2.45, 2.75) is 6.92 Å². The molecular formula is C12H9NO4. The van der Waals surface area contributed by atoms with E-state index in [0.29, 0.717) is 10.9 Å². The molecule has 0 bridgehead atoms. The summed E-state index contributed by atoms with van der Waals surface area (Å²) in [5, 5.41) is 9.62. The zero-order valence-electron chi connectivity index (χ0n) is 9.01. The van der Waals surface area contributed by atoms with Gasteiger partial charge >= 0.3 is 5.97 Å². The van der Waals surface area contributed by atoms with E-state index in [0.717, 1.165) is 11.5 Å². The van der Waals surface area contributed by atoms with E-state index in [9.17, 15) is 14.4 Å². The molecule has 0 radical (unpaired) electrons. The Morgan fingerprint density at radius 1 is 1.18 bits per heavy atom. The predicted octanol–water partition coefficient (Wildman–Crippen LogP) is 1.57. The second kappa shape index (κ2) is 3.86. The molecule has 2 aromatic rings. The van der Waals surface area contributed by atoms with Gasteiger partial charge < -0.3 is 5.11 Å². The van der Waals surface area contributed by atoms with Gasteiger partial charge in [-0.05, 0) is 12.1 Å². The van der Waals surface area contributed by atoms with Gasteiger partial charge in [0.15, 0.2) is 0 Å². The second-order valence-electron chi connectivity index (χ2n) is 3.59. The van der Waals surface area contributed by atoms with Crippen molar-refractivity contribution in [2.75, 3.05) is 0 Å². The minimum Gasteiger partial charge on any atom is -0.477 e. The number of rotatable bonds is 2. The van der Waals surface area contributed by atoms with Crippen LogP contribution in [0.2, 0.25) is 0 Å². The van der Waals surface area contributed by atoms with Crippen LogP contribution >= 0.6 is 0 Å². The van der Waals surface area contributed by atoms with E-state index < -0.39 is 17.7 Å². The van der Waals surface area contributed by atoms with E-state index in [1.54, 1.807) is 24.3 Å². The predicted molar refractivity (Wildman–Crippen MR) is 60.2 cm³/mol. The lowest BCUT2D eigenvalue weighted by atomic mass is 10.2. The maximum atomic E-state index is 11.7. The van der Waals surface area contributed by atoms with Crippen LogP contribution < -0.4 is 0 Å². The molecule has 0 aliphatic heterocycles. The molecule has 1 aromatic carbocycles. The minimum atomic E-state index is -1.24. The van der Waals surface area contributed by atoms with Gasteiger partial charge in [-0.2, -0.15) is 0 Å². The molecule has 1 aromatic heterocycles. The first-order valence-electron chi connectivity index (χ1n) is 4.91. The van der Waals surface area contributed by atoms with Gasteiger partial charge in [-0.25, -0.2) is 4.79 Å². The highest BCUT2D eigenvalue weighted by molar-refractivity contribution is 6.38. The van der Waals surface area contributed by atoms with E-state index >= 15 is 0 Å². The smallest absolute Gasteiger partial charge is 0.353 e. The molecule has 0 saturated heterocycles. The number of carboxylic acids is 1. The molecule has 1 heterocycles. The fraction of sp³-hybridized carbons (Fsp3) is 0.0833. The lowest BCUT2D eigenvalue weighted by molar-refractivity contribution is -0.113. The monoisotopic (exact) mass is 231 g/mol. The number of fused-ring (bicyclic) bond motifs is 1. The summed E-state index contributed by atoms with van der Waals surface area (Å²) in [7, 11) is 0. The maximum absolute atomic E-state index is 11.7. The molecule has 0 amide bonds. The van der Waals surface area contributed by atoms with Gasteiger partial charge in [0.2, 0.25) is 5.78 Å². The highest BCUT2D eigenvalue weighted by atomic mass is 16.4. The summed E-state index contributed by atoms with van der Waals surface area (Å²) in [6, 6.07) is 8.07. The van der Waals surface area contributed by atoms with Gasteiger partial charge in [0.1, 0.15) is 5.69 Å². The van der Waals surface area contributed by atoms with Crippen LogP contribution in [0.25, 0.3) is 10.9 Å². The van der Waals surface area contributed by atoms with Crippen LogP contribution in [0.3, 0.4) is 0 Å². The van der Waals surface area contributed by atoms with Crippen molar-refractivity contribution < 1.29 is 19.5 Å². The number of carbonyl (C=O) groups excluding carboxylic acids is 2. The summed E-state index contributed by atoms with van der Waals surface area (Å²) in [6.07, 6.45) is 0. The Hall–Kier alpha value is -2.43. The van der Waals surface area contributed by atoms with Crippen molar-refractivity contribution in [3.63, 3.8) is 0 Å². The van der Waals surface area contributed by atoms with Gasteiger partial charge in [-0.1, -0.05) is 18.2 Å². The number of ketones is 1. The van der Waals surface area contributed by atoms with Gasteiger partial charge in [0.25, 0.3) is 5.91 Å².